The number of benzene rings is 3. The van der Waals surface area contributed by atoms with Crippen LogP contribution in [0.4, 0.5) is 10.1 Å². The molecule has 0 aliphatic carbocycles. The molecular weight excluding hydrogens is 431 g/mol. The zero-order valence-electron chi connectivity index (χ0n) is 20.2. The lowest BCUT2D eigenvalue weighted by Gasteiger charge is -2.36. The molecule has 0 atom stereocenters. The van der Waals surface area contributed by atoms with Crippen molar-refractivity contribution in [2.45, 2.75) is 27.4 Å². The van der Waals surface area contributed by atoms with Crippen molar-refractivity contribution >= 4 is 11.6 Å². The Morgan fingerprint density at radius 2 is 1.68 bits per heavy atom. The molecule has 0 aromatic heterocycles. The normalized spacial score (nSPS) is 13.7. The van der Waals surface area contributed by atoms with Crippen molar-refractivity contribution in [1.82, 2.24) is 4.90 Å². The summed E-state index contributed by atoms with van der Waals surface area (Å²) in [4.78, 5) is 17.0. The molecule has 0 spiro atoms. The predicted molar refractivity (Wildman–Crippen MR) is 132 cm³/mol. The van der Waals surface area contributed by atoms with Crippen LogP contribution >= 0.6 is 0 Å². The molecule has 178 valence electrons. The first kappa shape index (κ1) is 23.6. The zero-order chi connectivity index (χ0) is 24.2. The molecule has 1 fully saturated rings. The van der Waals surface area contributed by atoms with E-state index >= 15 is 0 Å². The van der Waals surface area contributed by atoms with Gasteiger partial charge in [0, 0.05) is 37.3 Å². The summed E-state index contributed by atoms with van der Waals surface area (Å²) in [5.41, 5.74) is 5.42. The molecule has 0 N–H and O–H groups in total. The molecule has 1 aliphatic rings. The predicted octanol–water partition coefficient (Wildman–Crippen LogP) is 5.30. The van der Waals surface area contributed by atoms with Crippen molar-refractivity contribution in [1.29, 1.82) is 0 Å². The minimum atomic E-state index is -0.235. The first-order valence-electron chi connectivity index (χ1n) is 11.5. The first-order chi connectivity index (χ1) is 16.4. The van der Waals surface area contributed by atoms with Gasteiger partial charge in [-0.25, -0.2) is 4.39 Å². The van der Waals surface area contributed by atoms with E-state index in [0.717, 1.165) is 22.4 Å². The third-order valence-electron chi connectivity index (χ3n) is 6.43. The van der Waals surface area contributed by atoms with Crippen molar-refractivity contribution in [2.24, 2.45) is 0 Å². The van der Waals surface area contributed by atoms with Gasteiger partial charge in [-0.15, -0.1) is 0 Å². The van der Waals surface area contributed by atoms with E-state index in [9.17, 15) is 9.18 Å². The van der Waals surface area contributed by atoms with Crippen molar-refractivity contribution < 1.29 is 18.7 Å². The number of nitrogens with zero attached hydrogens (tertiary/aromatic N) is 2. The van der Waals surface area contributed by atoms with Gasteiger partial charge < -0.3 is 19.3 Å². The summed E-state index contributed by atoms with van der Waals surface area (Å²) in [6.07, 6.45) is 0. The van der Waals surface area contributed by atoms with Gasteiger partial charge in [0.2, 0.25) is 0 Å². The Bertz CT molecular complexity index is 1190. The highest BCUT2D eigenvalue weighted by molar-refractivity contribution is 5.94. The number of rotatable bonds is 6. The summed E-state index contributed by atoms with van der Waals surface area (Å²) in [6, 6.07) is 16.4. The second-order valence-corrected chi connectivity index (χ2v) is 8.75. The number of carbonyl (C=O) groups is 1. The lowest BCUT2D eigenvalue weighted by molar-refractivity contribution is 0.0746. The highest BCUT2D eigenvalue weighted by Crippen LogP contribution is 2.27. The van der Waals surface area contributed by atoms with Crippen LogP contribution < -0.4 is 14.4 Å². The Morgan fingerprint density at radius 1 is 0.941 bits per heavy atom. The Morgan fingerprint density at radius 3 is 2.38 bits per heavy atom. The number of halogens is 1. The topological polar surface area (TPSA) is 42.0 Å². The Balaban J connectivity index is 1.46. The summed E-state index contributed by atoms with van der Waals surface area (Å²) in [7, 11) is 1.62. The van der Waals surface area contributed by atoms with Crippen molar-refractivity contribution in [3.63, 3.8) is 0 Å². The summed E-state index contributed by atoms with van der Waals surface area (Å²) >= 11 is 0. The molecule has 0 bridgehead atoms. The molecule has 1 aliphatic heterocycles. The van der Waals surface area contributed by atoms with E-state index in [4.69, 9.17) is 9.47 Å². The van der Waals surface area contributed by atoms with E-state index < -0.39 is 0 Å². The lowest BCUT2D eigenvalue weighted by Crippen LogP contribution is -2.49. The largest absolute Gasteiger partial charge is 0.496 e. The van der Waals surface area contributed by atoms with Gasteiger partial charge in [-0.05, 0) is 73.9 Å². The fraction of sp³-hybridized carbons (Fsp3) is 0.321. The van der Waals surface area contributed by atoms with Crippen LogP contribution in [0.15, 0.2) is 54.6 Å². The number of piperazine rings is 1. The molecule has 1 amide bonds. The number of para-hydroxylation sites is 1. The molecule has 1 saturated heterocycles. The fourth-order valence-corrected chi connectivity index (χ4v) is 4.37. The quantitative estimate of drug-likeness (QED) is 0.499. The molecule has 34 heavy (non-hydrogen) atoms. The van der Waals surface area contributed by atoms with Crippen LogP contribution in [-0.4, -0.2) is 44.1 Å². The molecule has 0 radical (unpaired) electrons. The molecule has 3 aromatic carbocycles. The number of carbonyl (C=O) groups excluding carboxylic acids is 1. The summed E-state index contributed by atoms with van der Waals surface area (Å²) < 4.78 is 25.8. The van der Waals surface area contributed by atoms with Gasteiger partial charge in [-0.2, -0.15) is 0 Å². The summed E-state index contributed by atoms with van der Waals surface area (Å²) in [5.74, 6) is 1.24. The average Bonchev–Trinajstić information content (AvgIpc) is 2.85. The van der Waals surface area contributed by atoms with Gasteiger partial charge in [0.1, 0.15) is 23.9 Å². The van der Waals surface area contributed by atoms with Crippen LogP contribution in [-0.2, 0) is 6.61 Å². The second kappa shape index (κ2) is 10.2. The molecular formula is C28H31FN2O3. The van der Waals surface area contributed by atoms with Gasteiger partial charge in [-0.1, -0.05) is 18.2 Å². The fourth-order valence-electron chi connectivity index (χ4n) is 4.37. The van der Waals surface area contributed by atoms with Crippen molar-refractivity contribution in [3.8, 4) is 11.5 Å². The molecule has 3 aromatic rings. The maximum Gasteiger partial charge on any atom is 0.253 e. The van der Waals surface area contributed by atoms with Crippen LogP contribution in [0.25, 0.3) is 0 Å². The van der Waals surface area contributed by atoms with Crippen LogP contribution in [0, 0.1) is 26.6 Å². The molecule has 4 rings (SSSR count). The number of aryl methyl sites for hydroxylation is 2. The van der Waals surface area contributed by atoms with E-state index in [1.807, 2.05) is 47.9 Å². The van der Waals surface area contributed by atoms with E-state index in [-0.39, 0.29) is 11.7 Å². The number of ether oxygens (including phenoxy) is 2. The maximum absolute atomic E-state index is 14.1. The monoisotopic (exact) mass is 462 g/mol. The molecule has 1 heterocycles. The average molecular weight is 463 g/mol. The number of hydrogen-bond acceptors (Lipinski definition) is 4. The van der Waals surface area contributed by atoms with Gasteiger partial charge in [-0.3, -0.25) is 4.79 Å². The van der Waals surface area contributed by atoms with Gasteiger partial charge in [0.15, 0.2) is 0 Å². The van der Waals surface area contributed by atoms with Crippen molar-refractivity contribution in [2.75, 3.05) is 38.2 Å². The van der Waals surface area contributed by atoms with Crippen molar-refractivity contribution in [3.05, 3.63) is 88.2 Å². The van der Waals surface area contributed by atoms with Gasteiger partial charge in [0.25, 0.3) is 5.91 Å². The molecule has 6 heteroatoms. The third kappa shape index (κ3) is 5.01. The van der Waals surface area contributed by atoms with E-state index in [0.29, 0.717) is 49.8 Å². The minimum absolute atomic E-state index is 0.0420. The van der Waals surface area contributed by atoms with E-state index in [1.165, 1.54) is 11.6 Å². The Kier molecular flexibility index (Phi) is 7.06. The summed E-state index contributed by atoms with van der Waals surface area (Å²) in [5, 5.41) is 0. The van der Waals surface area contributed by atoms with Crippen LogP contribution in [0.1, 0.15) is 32.6 Å². The van der Waals surface area contributed by atoms with Gasteiger partial charge >= 0.3 is 0 Å². The standard InChI is InChI=1S/C28H31FN2O3/c1-19-15-20(2)21(3)27(16-19)34-18-23-17-22(9-10-26(23)33-4)28(32)31-13-11-30(12-14-31)25-8-6-5-7-24(25)29/h5-10,15-17H,11-14,18H2,1-4H3. The zero-order valence-corrected chi connectivity index (χ0v) is 20.2. The Hall–Kier alpha value is -3.54. The number of methoxy groups -OCH3 is 1. The number of hydrogen-bond donors (Lipinski definition) is 0. The minimum Gasteiger partial charge on any atom is -0.496 e. The first-order valence-corrected chi connectivity index (χ1v) is 11.5. The van der Waals surface area contributed by atoms with Crippen LogP contribution in [0.2, 0.25) is 0 Å². The highest BCUT2D eigenvalue weighted by Gasteiger charge is 2.24. The number of amides is 1. The summed E-state index contributed by atoms with van der Waals surface area (Å²) in [6.45, 7) is 8.71. The molecule has 0 saturated carbocycles. The Labute approximate surface area is 200 Å². The van der Waals surface area contributed by atoms with E-state index in [2.05, 4.69) is 13.0 Å². The van der Waals surface area contributed by atoms with Gasteiger partial charge in [0.05, 0.1) is 12.8 Å². The smallest absolute Gasteiger partial charge is 0.253 e. The second-order valence-electron chi connectivity index (χ2n) is 8.75. The maximum atomic E-state index is 14.1. The number of anilines is 1. The SMILES string of the molecule is COc1ccc(C(=O)N2CCN(c3ccccc3F)CC2)cc1COc1cc(C)cc(C)c1C. The molecule has 0 unspecified atom stereocenters. The van der Waals surface area contributed by atoms with Crippen LogP contribution in [0.5, 0.6) is 11.5 Å². The highest BCUT2D eigenvalue weighted by atomic mass is 19.1. The molecule has 5 nitrogen and oxygen atoms in total. The third-order valence-corrected chi connectivity index (χ3v) is 6.43. The van der Waals surface area contributed by atoms with Crippen LogP contribution in [0.3, 0.4) is 0 Å². The lowest BCUT2D eigenvalue weighted by atomic mass is 10.1. The van der Waals surface area contributed by atoms with E-state index in [1.54, 1.807) is 25.3 Å².